The molecule has 0 spiro atoms. The Balaban J connectivity index is 1.49. The quantitative estimate of drug-likeness (QED) is 0.365. The monoisotopic (exact) mass is 434 g/mol. The number of nitrogens with zero attached hydrogens (tertiary/aromatic N) is 11. The van der Waals surface area contributed by atoms with Gasteiger partial charge in [0, 0.05) is 12.4 Å². The number of rotatable bonds is 3. The predicted molar refractivity (Wildman–Crippen MR) is 114 cm³/mol. The van der Waals surface area contributed by atoms with Gasteiger partial charge >= 0.3 is 0 Å². The van der Waals surface area contributed by atoms with Crippen LogP contribution in [0.3, 0.4) is 0 Å². The standard InChI is InChI=1S/C19H10N14/c1-2-21-14-8(20-1)3-23-18(30-14)12-11(17-22-4-9-15(29-17)27-6-25-9)13(33-32-12)19-24-5-10-16(31-19)28-7-26-10/h1-7H,(H,32,33)(H,22,25,27,29)(H,24,26,28,31). The van der Waals surface area contributed by atoms with Crippen molar-refractivity contribution in [2.45, 2.75) is 0 Å². The first kappa shape index (κ1) is 17.4. The van der Waals surface area contributed by atoms with E-state index < -0.39 is 0 Å². The molecule has 0 saturated carbocycles. The highest BCUT2D eigenvalue weighted by Crippen LogP contribution is 2.34. The lowest BCUT2D eigenvalue weighted by Gasteiger charge is -2.04. The molecule has 14 heteroatoms. The maximum Gasteiger partial charge on any atom is 0.183 e. The normalized spacial score (nSPS) is 11.6. The number of aromatic amines is 3. The molecule has 0 bridgehead atoms. The Morgan fingerprint density at radius 1 is 0.576 bits per heavy atom. The van der Waals surface area contributed by atoms with E-state index in [2.05, 4.69) is 70.0 Å². The third-order valence-corrected chi connectivity index (χ3v) is 5.00. The van der Waals surface area contributed by atoms with E-state index in [1.165, 1.54) is 0 Å². The van der Waals surface area contributed by atoms with E-state index in [0.717, 1.165) is 0 Å². The second-order valence-electron chi connectivity index (χ2n) is 6.95. The molecule has 7 aromatic heterocycles. The van der Waals surface area contributed by atoms with E-state index >= 15 is 0 Å². The zero-order chi connectivity index (χ0) is 21.8. The van der Waals surface area contributed by atoms with E-state index in [1.807, 2.05) is 0 Å². The molecule has 0 fully saturated rings. The lowest BCUT2D eigenvalue weighted by atomic mass is 10.1. The number of hydrogen-bond acceptors (Lipinski definition) is 11. The molecule has 0 amide bonds. The Morgan fingerprint density at radius 2 is 1.24 bits per heavy atom. The summed E-state index contributed by atoms with van der Waals surface area (Å²) in [5, 5.41) is 7.46. The molecule has 3 N–H and O–H groups in total. The lowest BCUT2D eigenvalue weighted by Crippen LogP contribution is -1.98. The maximum absolute atomic E-state index is 4.59. The van der Waals surface area contributed by atoms with Crippen molar-refractivity contribution in [3.63, 3.8) is 0 Å². The Bertz CT molecular complexity index is 1800. The van der Waals surface area contributed by atoms with E-state index in [9.17, 15) is 0 Å². The minimum Gasteiger partial charge on any atom is -0.342 e. The largest absolute Gasteiger partial charge is 0.342 e. The van der Waals surface area contributed by atoms with Crippen LogP contribution in [0.5, 0.6) is 0 Å². The van der Waals surface area contributed by atoms with Gasteiger partial charge in [0.25, 0.3) is 0 Å². The summed E-state index contributed by atoms with van der Waals surface area (Å²) in [6, 6.07) is 0. The Morgan fingerprint density at radius 3 is 2.06 bits per heavy atom. The van der Waals surface area contributed by atoms with E-state index in [4.69, 9.17) is 0 Å². The van der Waals surface area contributed by atoms with Gasteiger partial charge in [-0.1, -0.05) is 0 Å². The highest BCUT2D eigenvalue weighted by Gasteiger charge is 2.25. The summed E-state index contributed by atoms with van der Waals surface area (Å²) in [4.78, 5) is 49.9. The summed E-state index contributed by atoms with van der Waals surface area (Å²) in [6.45, 7) is 0. The molecule has 7 heterocycles. The number of aromatic nitrogens is 14. The molecule has 14 nitrogen and oxygen atoms in total. The molecule has 0 saturated heterocycles. The van der Waals surface area contributed by atoms with Crippen molar-refractivity contribution in [2.75, 3.05) is 0 Å². The fourth-order valence-electron chi connectivity index (χ4n) is 3.48. The van der Waals surface area contributed by atoms with Gasteiger partial charge in [-0.2, -0.15) is 5.10 Å². The van der Waals surface area contributed by atoms with Crippen LogP contribution in [0.2, 0.25) is 0 Å². The number of imidazole rings is 2. The van der Waals surface area contributed by atoms with Crippen LogP contribution in [0.25, 0.3) is 67.9 Å². The van der Waals surface area contributed by atoms with Gasteiger partial charge in [0.05, 0.1) is 36.8 Å². The zero-order valence-electron chi connectivity index (χ0n) is 16.5. The second-order valence-corrected chi connectivity index (χ2v) is 6.95. The summed E-state index contributed by atoms with van der Waals surface area (Å²) in [5.41, 5.74) is 4.89. The molecule has 7 rings (SSSR count). The van der Waals surface area contributed by atoms with Crippen LogP contribution < -0.4 is 0 Å². The van der Waals surface area contributed by atoms with Gasteiger partial charge in [-0.05, 0) is 0 Å². The minimum absolute atomic E-state index is 0.326. The molecule has 0 radical (unpaired) electrons. The van der Waals surface area contributed by atoms with Crippen molar-refractivity contribution in [2.24, 2.45) is 0 Å². The fraction of sp³-hybridized carbons (Fsp3) is 0. The second kappa shape index (κ2) is 6.61. The average molecular weight is 434 g/mol. The van der Waals surface area contributed by atoms with Crippen molar-refractivity contribution in [1.29, 1.82) is 0 Å². The molecule has 0 aliphatic rings. The Kier molecular flexibility index (Phi) is 3.49. The van der Waals surface area contributed by atoms with Crippen molar-refractivity contribution < 1.29 is 0 Å². The molecular formula is C19H10N14. The average Bonchev–Trinajstić information content (AvgIpc) is 3.61. The molecule has 0 unspecified atom stereocenters. The molecule has 156 valence electrons. The van der Waals surface area contributed by atoms with E-state index in [1.54, 1.807) is 43.6 Å². The van der Waals surface area contributed by atoms with Gasteiger partial charge in [0.2, 0.25) is 0 Å². The van der Waals surface area contributed by atoms with E-state index in [-0.39, 0.29) is 0 Å². The molecule has 0 aliphatic carbocycles. The Hall–Kier alpha value is -5.27. The first-order valence-electron chi connectivity index (χ1n) is 9.69. The predicted octanol–water partition coefficient (Wildman–Crippen LogP) is 1.48. The highest BCUT2D eigenvalue weighted by atomic mass is 15.2. The molecule has 0 atom stereocenters. The summed E-state index contributed by atoms with van der Waals surface area (Å²) in [6.07, 6.45) is 11.1. The summed E-state index contributed by atoms with van der Waals surface area (Å²) in [7, 11) is 0. The summed E-state index contributed by atoms with van der Waals surface area (Å²) in [5.74, 6) is 1.06. The maximum atomic E-state index is 4.59. The van der Waals surface area contributed by atoms with Crippen molar-refractivity contribution in [3.8, 4) is 34.4 Å². The minimum atomic E-state index is 0.326. The van der Waals surface area contributed by atoms with Crippen LogP contribution >= 0.6 is 0 Å². The fourth-order valence-corrected chi connectivity index (χ4v) is 3.48. The van der Waals surface area contributed by atoms with Gasteiger partial charge < -0.3 is 9.97 Å². The number of nitrogens with one attached hydrogen (secondary N) is 3. The Labute approximate surface area is 182 Å². The van der Waals surface area contributed by atoms with Gasteiger partial charge in [-0.3, -0.25) is 5.10 Å². The van der Waals surface area contributed by atoms with E-state index in [0.29, 0.717) is 67.9 Å². The van der Waals surface area contributed by atoms with Crippen LogP contribution in [0.1, 0.15) is 0 Å². The highest BCUT2D eigenvalue weighted by molar-refractivity contribution is 5.88. The third kappa shape index (κ3) is 2.71. The van der Waals surface area contributed by atoms with Gasteiger partial charge in [0.1, 0.15) is 27.9 Å². The van der Waals surface area contributed by atoms with Crippen LogP contribution in [0.15, 0.2) is 43.6 Å². The number of H-pyrrole nitrogens is 3. The molecule has 7 aromatic rings. The zero-order valence-corrected chi connectivity index (χ0v) is 16.5. The van der Waals surface area contributed by atoms with Crippen molar-refractivity contribution in [1.82, 2.24) is 70.0 Å². The first-order chi connectivity index (χ1) is 16.3. The lowest BCUT2D eigenvalue weighted by molar-refractivity contribution is 1.05. The smallest absolute Gasteiger partial charge is 0.183 e. The van der Waals surface area contributed by atoms with Crippen LogP contribution in [0.4, 0.5) is 0 Å². The van der Waals surface area contributed by atoms with Gasteiger partial charge in [-0.25, -0.2) is 49.8 Å². The topological polar surface area (TPSA) is 189 Å². The third-order valence-electron chi connectivity index (χ3n) is 5.00. The SMILES string of the molecule is c1cnc2nc(-c3n[nH]c(-c4ncc5[nH]cnc5n4)c3-c3ncc4[nH]cnc4n3)ncc2n1. The van der Waals surface area contributed by atoms with Crippen LogP contribution in [0, 0.1) is 0 Å². The van der Waals surface area contributed by atoms with Crippen molar-refractivity contribution in [3.05, 3.63) is 43.6 Å². The van der Waals surface area contributed by atoms with Crippen LogP contribution in [-0.2, 0) is 0 Å². The number of hydrogen-bond donors (Lipinski definition) is 3. The number of fused-ring (bicyclic) bond motifs is 3. The van der Waals surface area contributed by atoms with Crippen LogP contribution in [-0.4, -0.2) is 70.0 Å². The van der Waals surface area contributed by atoms with Crippen molar-refractivity contribution >= 4 is 33.5 Å². The molecule has 33 heavy (non-hydrogen) atoms. The molecular weight excluding hydrogens is 424 g/mol. The first-order valence-corrected chi connectivity index (χ1v) is 9.69. The summed E-state index contributed by atoms with van der Waals surface area (Å²) >= 11 is 0. The molecule has 0 aliphatic heterocycles. The summed E-state index contributed by atoms with van der Waals surface area (Å²) < 4.78 is 0. The van der Waals surface area contributed by atoms with Gasteiger partial charge in [0.15, 0.2) is 34.4 Å². The molecule has 0 aromatic carbocycles. The van der Waals surface area contributed by atoms with Gasteiger partial charge in [-0.15, -0.1) is 0 Å².